The van der Waals surface area contributed by atoms with Crippen LogP contribution >= 0.6 is 23.5 Å². The summed E-state index contributed by atoms with van der Waals surface area (Å²) in [6.45, 7) is 8.27. The molecule has 2 aromatic rings. The van der Waals surface area contributed by atoms with Crippen molar-refractivity contribution < 1.29 is 0 Å². The number of rotatable bonds is 8. The average molecular weight is 367 g/mol. The fourth-order valence-corrected chi connectivity index (χ4v) is 3.92. The van der Waals surface area contributed by atoms with Crippen molar-refractivity contribution in [3.8, 4) is 11.8 Å². The van der Waals surface area contributed by atoms with Crippen LogP contribution in [0.1, 0.15) is 36.1 Å². The van der Waals surface area contributed by atoms with Crippen molar-refractivity contribution in [2.75, 3.05) is 11.5 Å². The van der Waals surface area contributed by atoms with Crippen LogP contribution in [-0.4, -0.2) is 11.5 Å². The van der Waals surface area contributed by atoms with Crippen molar-refractivity contribution in [3.63, 3.8) is 0 Å². The molecule has 0 bridgehead atoms. The Morgan fingerprint density at radius 2 is 1.32 bits per heavy atom. The molecule has 0 spiro atoms. The fourth-order valence-electron chi connectivity index (χ4n) is 2.19. The van der Waals surface area contributed by atoms with E-state index in [4.69, 9.17) is 0 Å². The summed E-state index contributed by atoms with van der Waals surface area (Å²) in [5.41, 5.74) is 4.84. The molecular weight excluding hydrogens is 340 g/mol. The van der Waals surface area contributed by atoms with Gasteiger partial charge in [-0.25, -0.2) is 0 Å². The predicted molar refractivity (Wildman–Crippen MR) is 116 cm³/mol. The molecule has 2 heteroatoms. The summed E-state index contributed by atoms with van der Waals surface area (Å²) in [4.78, 5) is 0. The molecule has 0 fully saturated rings. The minimum Gasteiger partial charge on any atom is -0.157 e. The zero-order valence-corrected chi connectivity index (χ0v) is 16.8. The standard InChI is InChI=1S/C23H26S2/c1-4-15-24-17-22-11-7-20(8-12-22)5-6-21-9-13-23(14-10-21)18-25-16-19(2)3/h4,7-14,19H,1,15-18H2,2-3H3. The van der Waals surface area contributed by atoms with Crippen LogP contribution < -0.4 is 0 Å². The third-order valence-corrected chi connectivity index (χ3v) is 5.93. The fraction of sp³-hybridized carbons (Fsp3) is 0.304. The van der Waals surface area contributed by atoms with E-state index in [2.05, 4.69) is 80.8 Å². The van der Waals surface area contributed by atoms with Gasteiger partial charge in [0.15, 0.2) is 0 Å². The first-order chi connectivity index (χ1) is 12.2. The van der Waals surface area contributed by atoms with Crippen LogP contribution in [0.2, 0.25) is 0 Å². The first-order valence-electron chi connectivity index (χ1n) is 8.63. The normalized spacial score (nSPS) is 10.4. The Kier molecular flexibility index (Phi) is 8.80. The van der Waals surface area contributed by atoms with Gasteiger partial charge in [-0.2, -0.15) is 23.5 Å². The Bertz CT molecular complexity index is 700. The van der Waals surface area contributed by atoms with Crippen molar-refractivity contribution in [2.45, 2.75) is 25.4 Å². The minimum atomic E-state index is 0.752. The molecule has 0 amide bonds. The highest BCUT2D eigenvalue weighted by Crippen LogP contribution is 2.16. The lowest BCUT2D eigenvalue weighted by molar-refractivity contribution is 0.750. The molecule has 0 atom stereocenters. The summed E-state index contributed by atoms with van der Waals surface area (Å²) in [6.07, 6.45) is 1.94. The zero-order valence-electron chi connectivity index (χ0n) is 15.1. The molecule has 25 heavy (non-hydrogen) atoms. The van der Waals surface area contributed by atoms with Crippen molar-refractivity contribution in [2.24, 2.45) is 5.92 Å². The van der Waals surface area contributed by atoms with Crippen molar-refractivity contribution in [1.29, 1.82) is 0 Å². The Hall–Kier alpha value is -1.56. The van der Waals surface area contributed by atoms with Gasteiger partial charge >= 0.3 is 0 Å². The van der Waals surface area contributed by atoms with Crippen LogP contribution in [0.3, 0.4) is 0 Å². The van der Waals surface area contributed by atoms with Crippen molar-refractivity contribution in [3.05, 3.63) is 83.4 Å². The second-order valence-electron chi connectivity index (χ2n) is 6.36. The van der Waals surface area contributed by atoms with E-state index in [1.165, 1.54) is 16.9 Å². The molecule has 0 heterocycles. The highest BCUT2D eigenvalue weighted by molar-refractivity contribution is 7.98. The van der Waals surface area contributed by atoms with E-state index in [1.807, 2.05) is 29.6 Å². The summed E-state index contributed by atoms with van der Waals surface area (Å²) < 4.78 is 0. The maximum absolute atomic E-state index is 3.75. The summed E-state index contributed by atoms with van der Waals surface area (Å²) in [7, 11) is 0. The van der Waals surface area contributed by atoms with E-state index >= 15 is 0 Å². The molecule has 0 aliphatic rings. The van der Waals surface area contributed by atoms with E-state index < -0.39 is 0 Å². The largest absolute Gasteiger partial charge is 0.157 e. The van der Waals surface area contributed by atoms with Gasteiger partial charge in [0.05, 0.1) is 0 Å². The van der Waals surface area contributed by atoms with Crippen molar-refractivity contribution >= 4 is 23.5 Å². The van der Waals surface area contributed by atoms with Gasteiger partial charge in [0.25, 0.3) is 0 Å². The maximum atomic E-state index is 3.75. The first kappa shape index (κ1) is 19.8. The third-order valence-electron chi connectivity index (χ3n) is 3.48. The van der Waals surface area contributed by atoms with Crippen LogP contribution in [-0.2, 0) is 11.5 Å². The van der Waals surface area contributed by atoms with Crippen molar-refractivity contribution in [1.82, 2.24) is 0 Å². The van der Waals surface area contributed by atoms with Gasteiger partial charge in [-0.3, -0.25) is 0 Å². The van der Waals surface area contributed by atoms with Gasteiger partial charge in [0, 0.05) is 28.4 Å². The average Bonchev–Trinajstić information content (AvgIpc) is 2.62. The molecular formula is C23H26S2. The van der Waals surface area contributed by atoms with Crippen LogP contribution in [0.25, 0.3) is 0 Å². The van der Waals surface area contributed by atoms with Crippen LogP contribution in [0, 0.1) is 17.8 Å². The molecule has 0 N–H and O–H groups in total. The van der Waals surface area contributed by atoms with E-state index in [-0.39, 0.29) is 0 Å². The van der Waals surface area contributed by atoms with Gasteiger partial charge in [0.1, 0.15) is 0 Å². The summed E-state index contributed by atoms with van der Waals surface area (Å²) >= 11 is 3.87. The van der Waals surface area contributed by atoms with Gasteiger partial charge in [0.2, 0.25) is 0 Å². The monoisotopic (exact) mass is 366 g/mol. The quantitative estimate of drug-likeness (QED) is 0.301. The minimum absolute atomic E-state index is 0.752. The predicted octanol–water partition coefficient (Wildman–Crippen LogP) is 6.39. The molecule has 0 saturated carbocycles. The molecule has 0 radical (unpaired) electrons. The summed E-state index contributed by atoms with van der Waals surface area (Å²) in [5, 5.41) is 0. The molecule has 130 valence electrons. The van der Waals surface area contributed by atoms with E-state index in [9.17, 15) is 0 Å². The van der Waals surface area contributed by atoms with Gasteiger partial charge in [-0.05, 0) is 47.1 Å². The number of hydrogen-bond donors (Lipinski definition) is 0. The molecule has 0 nitrogen and oxygen atoms in total. The summed E-state index contributed by atoms with van der Waals surface area (Å²) in [5.74, 6) is 11.6. The third kappa shape index (κ3) is 7.90. The lowest BCUT2D eigenvalue weighted by Gasteiger charge is -2.04. The smallest absolute Gasteiger partial charge is 0.0249 e. The Labute approximate surface area is 161 Å². The molecule has 0 aliphatic carbocycles. The Balaban J connectivity index is 1.88. The Morgan fingerprint density at radius 3 is 1.76 bits per heavy atom. The number of thioether (sulfide) groups is 2. The van der Waals surface area contributed by atoms with Gasteiger partial charge in [-0.1, -0.05) is 56.0 Å². The van der Waals surface area contributed by atoms with E-state index in [1.54, 1.807) is 0 Å². The molecule has 2 aromatic carbocycles. The lowest BCUT2D eigenvalue weighted by Crippen LogP contribution is -1.91. The molecule has 0 aromatic heterocycles. The Morgan fingerprint density at radius 1 is 0.840 bits per heavy atom. The summed E-state index contributed by atoms with van der Waals surface area (Å²) in [6, 6.07) is 17.2. The van der Waals surface area contributed by atoms with Crippen LogP contribution in [0.5, 0.6) is 0 Å². The number of hydrogen-bond acceptors (Lipinski definition) is 2. The van der Waals surface area contributed by atoms with E-state index in [0.29, 0.717) is 0 Å². The SMILES string of the molecule is C=CCSCc1ccc(C#Cc2ccc(CSCC(C)C)cc2)cc1. The molecule has 2 rings (SSSR count). The number of benzene rings is 2. The second-order valence-corrected chi connectivity index (χ2v) is 8.42. The molecule has 0 unspecified atom stereocenters. The van der Waals surface area contributed by atoms with Gasteiger partial charge in [-0.15, -0.1) is 6.58 Å². The first-order valence-corrected chi connectivity index (χ1v) is 10.9. The molecule has 0 aliphatic heterocycles. The topological polar surface area (TPSA) is 0 Å². The van der Waals surface area contributed by atoms with Gasteiger partial charge < -0.3 is 0 Å². The maximum Gasteiger partial charge on any atom is 0.0249 e. The van der Waals surface area contributed by atoms with E-state index in [0.717, 1.165) is 34.3 Å². The van der Waals surface area contributed by atoms with Crippen LogP contribution in [0.4, 0.5) is 0 Å². The highest BCUT2D eigenvalue weighted by Gasteiger charge is 1.97. The second kappa shape index (κ2) is 11.1. The van der Waals surface area contributed by atoms with Crippen LogP contribution in [0.15, 0.2) is 61.2 Å². The highest BCUT2D eigenvalue weighted by atomic mass is 32.2. The lowest BCUT2D eigenvalue weighted by atomic mass is 10.1. The zero-order chi connectivity index (χ0) is 17.9. The molecule has 0 saturated heterocycles.